The Balaban J connectivity index is 2.93. The van der Waals surface area contributed by atoms with Gasteiger partial charge in [-0.1, -0.05) is 0 Å². The summed E-state index contributed by atoms with van der Waals surface area (Å²) in [6.07, 6.45) is -3.32. The van der Waals surface area contributed by atoms with Crippen LogP contribution < -0.4 is 0 Å². The number of carbonyl (C=O) groups excluding carboxylic acids is 2. The van der Waals surface area contributed by atoms with Crippen LogP contribution in [0.5, 0.6) is 0 Å². The van der Waals surface area contributed by atoms with Gasteiger partial charge in [-0.05, 0) is 0 Å². The maximum Gasteiger partial charge on any atom is 0.401 e. The molecule has 0 amide bonds. The number of methoxy groups -OCH3 is 2. The summed E-state index contributed by atoms with van der Waals surface area (Å²) in [5, 5.41) is 0. The molecule has 2 atom stereocenters. The Hall–Kier alpha value is -1.19. The Morgan fingerprint density at radius 1 is 1.00 bits per heavy atom. The second kappa shape index (κ2) is 4.13. The summed E-state index contributed by atoms with van der Waals surface area (Å²) in [6.45, 7) is 0. The summed E-state index contributed by atoms with van der Waals surface area (Å²) < 4.78 is 38.6. The third kappa shape index (κ3) is 2.43. The zero-order chi connectivity index (χ0) is 11.6. The summed E-state index contributed by atoms with van der Waals surface area (Å²) >= 11 is 0. The van der Waals surface area contributed by atoms with Crippen LogP contribution in [0.15, 0.2) is 0 Å². The average Bonchev–Trinajstić information content (AvgIpc) is 2.52. The van der Waals surface area contributed by atoms with Crippen LogP contribution in [0, 0.1) is 0 Å². The molecule has 0 unspecified atom stereocenters. The van der Waals surface area contributed by atoms with Gasteiger partial charge < -0.3 is 9.47 Å². The van der Waals surface area contributed by atoms with E-state index in [9.17, 15) is 18.0 Å². The van der Waals surface area contributed by atoms with E-state index in [4.69, 9.17) is 0 Å². The maximum absolute atomic E-state index is 11.0. The van der Waals surface area contributed by atoms with Gasteiger partial charge in [0.15, 0.2) is 0 Å². The topological polar surface area (TPSA) is 105 Å². The molecular weight excluding hydrogens is 232 g/mol. The molecule has 0 radical (unpaired) electrons. The van der Waals surface area contributed by atoms with Crippen molar-refractivity contribution in [3.8, 4) is 0 Å². The van der Waals surface area contributed by atoms with E-state index in [1.165, 1.54) is 0 Å². The molecule has 15 heavy (non-hydrogen) atoms. The SMILES string of the molecule is COC(=O)[C@H]1OS(=O)(=O)O[C@@H]1C(=O)OC. The molecule has 0 spiro atoms. The second-order valence-corrected chi connectivity index (χ2v) is 3.69. The van der Waals surface area contributed by atoms with E-state index in [1.54, 1.807) is 0 Å². The molecule has 0 N–H and O–H groups in total. The number of carbonyl (C=O) groups is 2. The Morgan fingerprint density at radius 2 is 1.33 bits per heavy atom. The number of esters is 2. The predicted octanol–water partition coefficient (Wildman–Crippen LogP) is -1.64. The Morgan fingerprint density at radius 3 is 1.60 bits per heavy atom. The molecule has 0 bridgehead atoms. The fourth-order valence-corrected chi connectivity index (χ4v) is 1.85. The summed E-state index contributed by atoms with van der Waals surface area (Å²) in [7, 11) is -2.32. The fraction of sp³-hybridized carbons (Fsp3) is 0.667. The maximum atomic E-state index is 11.0. The van der Waals surface area contributed by atoms with Gasteiger partial charge in [-0.2, -0.15) is 8.42 Å². The van der Waals surface area contributed by atoms with Gasteiger partial charge in [0.1, 0.15) is 0 Å². The summed E-state index contributed by atoms with van der Waals surface area (Å²) in [5.41, 5.74) is 0. The van der Waals surface area contributed by atoms with E-state index in [0.29, 0.717) is 0 Å². The minimum Gasteiger partial charge on any atom is -0.467 e. The lowest BCUT2D eigenvalue weighted by molar-refractivity contribution is -0.160. The first-order valence-electron chi connectivity index (χ1n) is 3.68. The highest BCUT2D eigenvalue weighted by Gasteiger charge is 2.50. The van der Waals surface area contributed by atoms with Crippen LogP contribution in [0.1, 0.15) is 0 Å². The molecule has 1 saturated heterocycles. The third-order valence-electron chi connectivity index (χ3n) is 1.58. The molecular formula is C6H8O8S. The van der Waals surface area contributed by atoms with Gasteiger partial charge in [-0.25, -0.2) is 18.0 Å². The number of ether oxygens (including phenoxy) is 2. The van der Waals surface area contributed by atoms with Crippen molar-refractivity contribution >= 4 is 22.3 Å². The lowest BCUT2D eigenvalue weighted by atomic mass is 10.2. The average molecular weight is 240 g/mol. The molecule has 0 aromatic rings. The Labute approximate surface area is 85.4 Å². The van der Waals surface area contributed by atoms with Gasteiger partial charge in [0.25, 0.3) is 0 Å². The van der Waals surface area contributed by atoms with Gasteiger partial charge >= 0.3 is 22.3 Å². The largest absolute Gasteiger partial charge is 0.467 e. The third-order valence-corrected chi connectivity index (χ3v) is 2.47. The van der Waals surface area contributed by atoms with Crippen molar-refractivity contribution < 1.29 is 35.8 Å². The van der Waals surface area contributed by atoms with Crippen LogP contribution in [0.2, 0.25) is 0 Å². The van der Waals surface area contributed by atoms with Crippen LogP contribution in [0.25, 0.3) is 0 Å². The van der Waals surface area contributed by atoms with E-state index in [2.05, 4.69) is 17.8 Å². The van der Waals surface area contributed by atoms with Gasteiger partial charge in [0, 0.05) is 0 Å². The second-order valence-electron chi connectivity index (χ2n) is 2.49. The molecule has 1 heterocycles. The van der Waals surface area contributed by atoms with E-state index in [1.807, 2.05) is 0 Å². The molecule has 1 rings (SSSR count). The number of hydrogen-bond acceptors (Lipinski definition) is 8. The van der Waals surface area contributed by atoms with E-state index < -0.39 is 34.5 Å². The molecule has 8 nitrogen and oxygen atoms in total. The smallest absolute Gasteiger partial charge is 0.401 e. The minimum absolute atomic E-state index is 1.02. The summed E-state index contributed by atoms with van der Waals surface area (Å²) in [5.74, 6) is -2.07. The first-order valence-corrected chi connectivity index (χ1v) is 5.02. The molecule has 0 aromatic carbocycles. The highest BCUT2D eigenvalue weighted by atomic mass is 32.3. The van der Waals surface area contributed by atoms with Crippen LogP contribution in [-0.2, 0) is 37.8 Å². The Kier molecular flexibility index (Phi) is 3.27. The Bertz CT molecular complexity index is 341. The van der Waals surface area contributed by atoms with Crippen molar-refractivity contribution in [2.24, 2.45) is 0 Å². The van der Waals surface area contributed by atoms with Crippen molar-refractivity contribution in [2.45, 2.75) is 12.2 Å². The highest BCUT2D eigenvalue weighted by molar-refractivity contribution is 7.82. The van der Waals surface area contributed by atoms with E-state index in [-0.39, 0.29) is 0 Å². The molecule has 9 heteroatoms. The highest BCUT2D eigenvalue weighted by Crippen LogP contribution is 2.22. The summed E-state index contributed by atoms with van der Waals surface area (Å²) in [4.78, 5) is 22.1. The quantitative estimate of drug-likeness (QED) is 0.529. The van der Waals surface area contributed by atoms with Crippen LogP contribution in [0.4, 0.5) is 0 Å². The van der Waals surface area contributed by atoms with Crippen molar-refractivity contribution in [1.82, 2.24) is 0 Å². The normalized spacial score (nSPS) is 28.4. The number of hydrogen-bond donors (Lipinski definition) is 0. The van der Waals surface area contributed by atoms with Gasteiger partial charge in [-0.3, -0.25) is 0 Å². The van der Waals surface area contributed by atoms with Crippen molar-refractivity contribution in [3.63, 3.8) is 0 Å². The molecule has 1 fully saturated rings. The lowest BCUT2D eigenvalue weighted by Crippen LogP contribution is -2.38. The predicted molar refractivity (Wildman–Crippen MR) is 42.7 cm³/mol. The molecule has 1 aliphatic heterocycles. The van der Waals surface area contributed by atoms with Crippen LogP contribution in [0.3, 0.4) is 0 Å². The van der Waals surface area contributed by atoms with Gasteiger partial charge in [-0.15, -0.1) is 0 Å². The first kappa shape index (κ1) is 11.9. The monoisotopic (exact) mass is 240 g/mol. The molecule has 0 aromatic heterocycles. The molecule has 86 valence electrons. The molecule has 0 aliphatic carbocycles. The molecule has 0 saturated carbocycles. The van der Waals surface area contributed by atoms with E-state index in [0.717, 1.165) is 14.2 Å². The van der Waals surface area contributed by atoms with Crippen molar-refractivity contribution in [3.05, 3.63) is 0 Å². The van der Waals surface area contributed by atoms with Crippen molar-refractivity contribution in [1.29, 1.82) is 0 Å². The zero-order valence-electron chi connectivity index (χ0n) is 7.83. The van der Waals surface area contributed by atoms with Crippen molar-refractivity contribution in [2.75, 3.05) is 14.2 Å². The molecule has 1 aliphatic rings. The zero-order valence-corrected chi connectivity index (χ0v) is 8.65. The first-order chi connectivity index (χ1) is 6.91. The number of rotatable bonds is 2. The van der Waals surface area contributed by atoms with Crippen LogP contribution >= 0.6 is 0 Å². The van der Waals surface area contributed by atoms with E-state index >= 15 is 0 Å². The summed E-state index contributed by atoms with van der Waals surface area (Å²) in [6, 6.07) is 0. The van der Waals surface area contributed by atoms with Crippen LogP contribution in [-0.4, -0.2) is 46.8 Å². The van der Waals surface area contributed by atoms with Gasteiger partial charge in [0.2, 0.25) is 12.2 Å². The standard InChI is InChI=1S/C6H8O8S/c1-11-5(7)3-4(6(8)12-2)14-15(9,10)13-3/h3-4H,1-2H3/t3-,4-/m0/s1. The van der Waals surface area contributed by atoms with Gasteiger partial charge in [0.05, 0.1) is 14.2 Å². The minimum atomic E-state index is -4.36. The lowest BCUT2D eigenvalue weighted by Gasteiger charge is -2.09. The fourth-order valence-electron chi connectivity index (χ4n) is 0.936.